The van der Waals surface area contributed by atoms with E-state index in [9.17, 15) is 4.79 Å². The summed E-state index contributed by atoms with van der Waals surface area (Å²) in [7, 11) is 0. The molecule has 1 atom stereocenters. The highest BCUT2D eigenvalue weighted by Crippen LogP contribution is 2.25. The molecule has 1 unspecified atom stereocenters. The van der Waals surface area contributed by atoms with Crippen LogP contribution in [0.25, 0.3) is 0 Å². The standard InChI is InChI=1S/C10H14N2OS/c1-2-11-8-6-9(13)12(7-8)10-4-3-5-14-10/h3-5,8,11H,2,6-7H2,1H3. The third kappa shape index (κ3) is 1.81. The quantitative estimate of drug-likeness (QED) is 0.819. The van der Waals surface area contributed by atoms with E-state index in [0.29, 0.717) is 12.5 Å². The molecule has 1 aliphatic heterocycles. The zero-order chi connectivity index (χ0) is 9.97. The number of likely N-dealkylation sites (N-methyl/N-ethyl adjacent to an activating group) is 1. The van der Waals surface area contributed by atoms with Gasteiger partial charge in [0.25, 0.3) is 0 Å². The third-order valence-electron chi connectivity index (χ3n) is 2.39. The van der Waals surface area contributed by atoms with Crippen molar-refractivity contribution in [1.29, 1.82) is 0 Å². The predicted octanol–water partition coefficient (Wildman–Crippen LogP) is 1.46. The van der Waals surface area contributed by atoms with Crippen LogP contribution in [0.1, 0.15) is 13.3 Å². The molecule has 0 spiro atoms. The summed E-state index contributed by atoms with van der Waals surface area (Å²) >= 11 is 1.62. The predicted molar refractivity (Wildman–Crippen MR) is 58.8 cm³/mol. The number of hydrogen-bond donors (Lipinski definition) is 1. The topological polar surface area (TPSA) is 32.3 Å². The molecule has 76 valence electrons. The Morgan fingerprint density at radius 2 is 2.57 bits per heavy atom. The molecule has 1 aliphatic rings. The molecule has 0 aromatic carbocycles. The van der Waals surface area contributed by atoms with Gasteiger partial charge in [-0.3, -0.25) is 4.79 Å². The van der Waals surface area contributed by atoms with Gasteiger partial charge in [-0.2, -0.15) is 0 Å². The molecule has 1 aromatic rings. The summed E-state index contributed by atoms with van der Waals surface area (Å²) in [4.78, 5) is 13.5. The number of hydrogen-bond acceptors (Lipinski definition) is 3. The molecule has 1 aromatic heterocycles. The fraction of sp³-hybridized carbons (Fsp3) is 0.500. The first-order chi connectivity index (χ1) is 6.81. The van der Waals surface area contributed by atoms with E-state index in [1.807, 2.05) is 22.4 Å². The van der Waals surface area contributed by atoms with Crippen LogP contribution >= 0.6 is 11.3 Å². The van der Waals surface area contributed by atoms with Crippen LogP contribution in [-0.4, -0.2) is 25.0 Å². The van der Waals surface area contributed by atoms with Crippen molar-refractivity contribution in [3.63, 3.8) is 0 Å². The Kier molecular flexibility index (Phi) is 2.84. The second-order valence-corrected chi connectivity index (χ2v) is 4.34. The van der Waals surface area contributed by atoms with Crippen LogP contribution in [0.15, 0.2) is 17.5 Å². The van der Waals surface area contributed by atoms with Gasteiger partial charge in [0, 0.05) is 19.0 Å². The summed E-state index contributed by atoms with van der Waals surface area (Å²) in [5, 5.41) is 6.38. The van der Waals surface area contributed by atoms with Gasteiger partial charge in [0.2, 0.25) is 5.91 Å². The molecule has 3 nitrogen and oxygen atoms in total. The zero-order valence-electron chi connectivity index (χ0n) is 8.19. The molecule has 1 saturated heterocycles. The molecule has 0 saturated carbocycles. The van der Waals surface area contributed by atoms with Crippen molar-refractivity contribution in [3.8, 4) is 0 Å². The highest BCUT2D eigenvalue weighted by Gasteiger charge is 2.30. The Balaban J connectivity index is 2.05. The molecular weight excluding hydrogens is 196 g/mol. The van der Waals surface area contributed by atoms with Gasteiger partial charge in [-0.15, -0.1) is 11.3 Å². The lowest BCUT2D eigenvalue weighted by molar-refractivity contribution is -0.117. The first-order valence-electron chi connectivity index (χ1n) is 4.88. The fourth-order valence-corrected chi connectivity index (χ4v) is 2.53. The molecule has 0 radical (unpaired) electrons. The average Bonchev–Trinajstić information content (AvgIpc) is 2.74. The van der Waals surface area contributed by atoms with E-state index in [4.69, 9.17) is 0 Å². The average molecular weight is 210 g/mol. The Hall–Kier alpha value is -0.870. The van der Waals surface area contributed by atoms with E-state index in [2.05, 4.69) is 12.2 Å². The largest absolute Gasteiger partial charge is 0.312 e. The summed E-state index contributed by atoms with van der Waals surface area (Å²) in [5.41, 5.74) is 0. The van der Waals surface area contributed by atoms with Crippen LogP contribution in [0.3, 0.4) is 0 Å². The lowest BCUT2D eigenvalue weighted by Gasteiger charge is -2.14. The molecule has 1 amide bonds. The summed E-state index contributed by atoms with van der Waals surface area (Å²) in [6.07, 6.45) is 0.631. The van der Waals surface area contributed by atoms with E-state index in [1.165, 1.54) is 0 Å². The minimum Gasteiger partial charge on any atom is -0.312 e. The van der Waals surface area contributed by atoms with E-state index in [1.54, 1.807) is 11.3 Å². The van der Waals surface area contributed by atoms with Crippen molar-refractivity contribution in [2.75, 3.05) is 18.0 Å². The second-order valence-electron chi connectivity index (χ2n) is 3.41. The van der Waals surface area contributed by atoms with Gasteiger partial charge in [0.1, 0.15) is 0 Å². The number of rotatable bonds is 3. The molecule has 1 fully saturated rings. The number of carbonyl (C=O) groups excluding carboxylic acids is 1. The number of thiophene rings is 1. The molecule has 4 heteroatoms. The van der Waals surface area contributed by atoms with Crippen molar-refractivity contribution < 1.29 is 4.79 Å². The van der Waals surface area contributed by atoms with Crippen molar-refractivity contribution in [2.24, 2.45) is 0 Å². The Morgan fingerprint density at radius 3 is 3.21 bits per heavy atom. The van der Waals surface area contributed by atoms with Gasteiger partial charge in [0.05, 0.1) is 5.00 Å². The van der Waals surface area contributed by atoms with Crippen LogP contribution in [0, 0.1) is 0 Å². The number of anilines is 1. The van der Waals surface area contributed by atoms with E-state index in [-0.39, 0.29) is 5.91 Å². The molecule has 2 heterocycles. The van der Waals surface area contributed by atoms with Gasteiger partial charge < -0.3 is 10.2 Å². The summed E-state index contributed by atoms with van der Waals surface area (Å²) in [6, 6.07) is 4.31. The monoisotopic (exact) mass is 210 g/mol. The molecular formula is C10H14N2OS. The molecule has 1 N–H and O–H groups in total. The Morgan fingerprint density at radius 1 is 1.71 bits per heavy atom. The van der Waals surface area contributed by atoms with Crippen LogP contribution in [-0.2, 0) is 4.79 Å². The van der Waals surface area contributed by atoms with Crippen molar-refractivity contribution in [3.05, 3.63) is 17.5 Å². The van der Waals surface area contributed by atoms with Gasteiger partial charge in [-0.05, 0) is 24.1 Å². The molecule has 2 rings (SSSR count). The fourth-order valence-electron chi connectivity index (χ4n) is 1.77. The first-order valence-corrected chi connectivity index (χ1v) is 5.76. The second kappa shape index (κ2) is 4.11. The Bertz CT molecular complexity index is 310. The summed E-state index contributed by atoms with van der Waals surface area (Å²) < 4.78 is 0. The SMILES string of the molecule is CCNC1CC(=O)N(c2cccs2)C1. The minimum absolute atomic E-state index is 0.235. The van der Waals surface area contributed by atoms with E-state index < -0.39 is 0 Å². The third-order valence-corrected chi connectivity index (χ3v) is 3.28. The van der Waals surface area contributed by atoms with Gasteiger partial charge in [-0.1, -0.05) is 6.92 Å². The number of nitrogens with one attached hydrogen (secondary N) is 1. The normalized spacial score (nSPS) is 21.9. The smallest absolute Gasteiger partial charge is 0.229 e. The maximum Gasteiger partial charge on any atom is 0.229 e. The van der Waals surface area contributed by atoms with Crippen molar-refractivity contribution in [1.82, 2.24) is 5.32 Å². The number of nitrogens with zero attached hydrogens (tertiary/aromatic N) is 1. The van der Waals surface area contributed by atoms with E-state index >= 15 is 0 Å². The van der Waals surface area contributed by atoms with Crippen molar-refractivity contribution >= 4 is 22.2 Å². The maximum atomic E-state index is 11.7. The van der Waals surface area contributed by atoms with Gasteiger partial charge in [-0.25, -0.2) is 0 Å². The lowest BCUT2D eigenvalue weighted by Crippen LogP contribution is -2.32. The zero-order valence-corrected chi connectivity index (χ0v) is 9.01. The number of amides is 1. The lowest BCUT2D eigenvalue weighted by atomic mass is 10.2. The number of carbonyl (C=O) groups is 1. The van der Waals surface area contributed by atoms with Gasteiger partial charge in [0.15, 0.2) is 0 Å². The van der Waals surface area contributed by atoms with Gasteiger partial charge >= 0.3 is 0 Å². The van der Waals surface area contributed by atoms with Crippen LogP contribution in [0.5, 0.6) is 0 Å². The van der Waals surface area contributed by atoms with Crippen LogP contribution in [0.2, 0.25) is 0 Å². The van der Waals surface area contributed by atoms with Crippen LogP contribution in [0.4, 0.5) is 5.00 Å². The minimum atomic E-state index is 0.235. The summed E-state index contributed by atoms with van der Waals surface area (Å²) in [6.45, 7) is 3.81. The molecule has 0 bridgehead atoms. The van der Waals surface area contributed by atoms with Crippen molar-refractivity contribution in [2.45, 2.75) is 19.4 Å². The molecule has 0 aliphatic carbocycles. The highest BCUT2D eigenvalue weighted by molar-refractivity contribution is 7.14. The maximum absolute atomic E-state index is 11.7. The van der Waals surface area contributed by atoms with Crippen LogP contribution < -0.4 is 10.2 Å². The van der Waals surface area contributed by atoms with E-state index in [0.717, 1.165) is 18.1 Å². The summed E-state index contributed by atoms with van der Waals surface area (Å²) in [5.74, 6) is 0.235. The first kappa shape index (κ1) is 9.68. The highest BCUT2D eigenvalue weighted by atomic mass is 32.1. The Labute approximate surface area is 87.7 Å². The molecule has 14 heavy (non-hydrogen) atoms.